The van der Waals surface area contributed by atoms with E-state index in [0.29, 0.717) is 13.0 Å². The molecular weight excluding hydrogens is 182 g/mol. The summed E-state index contributed by atoms with van der Waals surface area (Å²) in [6.45, 7) is 1.18. The number of aliphatic carboxylic acids is 1. The Balaban J connectivity index is 2.01. The molecule has 1 aliphatic heterocycles. The zero-order chi connectivity index (χ0) is 10.2. The Morgan fingerprint density at radius 1 is 1.43 bits per heavy atom. The molecule has 2 aliphatic rings. The van der Waals surface area contributed by atoms with Crippen LogP contribution in [0.1, 0.15) is 32.1 Å². The second kappa shape index (κ2) is 3.26. The summed E-state index contributed by atoms with van der Waals surface area (Å²) in [7, 11) is 0. The van der Waals surface area contributed by atoms with Gasteiger partial charge in [0.1, 0.15) is 0 Å². The first-order valence-electron chi connectivity index (χ1n) is 5.15. The van der Waals surface area contributed by atoms with Gasteiger partial charge in [0.15, 0.2) is 0 Å². The smallest absolute Gasteiger partial charge is 0.311 e. The van der Waals surface area contributed by atoms with Gasteiger partial charge in [0.25, 0.3) is 0 Å². The van der Waals surface area contributed by atoms with Crippen LogP contribution >= 0.6 is 0 Å². The van der Waals surface area contributed by atoms with Gasteiger partial charge in [-0.05, 0) is 19.3 Å². The molecule has 2 rings (SSSR count). The Hall–Kier alpha value is -1.06. The minimum atomic E-state index is -0.733. The Bertz CT molecular complexity index is 271. The van der Waals surface area contributed by atoms with E-state index in [-0.39, 0.29) is 5.91 Å². The van der Waals surface area contributed by atoms with E-state index in [1.807, 2.05) is 0 Å². The minimum Gasteiger partial charge on any atom is -0.481 e. The second-order valence-corrected chi connectivity index (χ2v) is 4.36. The maximum Gasteiger partial charge on any atom is 0.311 e. The normalized spacial score (nSPS) is 24.9. The van der Waals surface area contributed by atoms with Crippen LogP contribution in [0.3, 0.4) is 0 Å². The quantitative estimate of drug-likeness (QED) is 0.730. The van der Waals surface area contributed by atoms with E-state index in [2.05, 4.69) is 0 Å². The molecule has 4 nitrogen and oxygen atoms in total. The third-order valence-corrected chi connectivity index (χ3v) is 3.43. The van der Waals surface area contributed by atoms with Gasteiger partial charge >= 0.3 is 5.97 Å². The van der Waals surface area contributed by atoms with Crippen molar-refractivity contribution in [1.29, 1.82) is 0 Å². The van der Waals surface area contributed by atoms with Crippen LogP contribution in [-0.4, -0.2) is 35.0 Å². The summed E-state index contributed by atoms with van der Waals surface area (Å²) in [4.78, 5) is 24.1. The van der Waals surface area contributed by atoms with Crippen LogP contribution in [0.15, 0.2) is 0 Å². The molecule has 0 bridgehead atoms. The molecule has 0 aromatic rings. The number of likely N-dealkylation sites (tertiary alicyclic amines) is 1. The van der Waals surface area contributed by atoms with E-state index >= 15 is 0 Å². The average molecular weight is 197 g/mol. The first-order valence-corrected chi connectivity index (χ1v) is 5.15. The summed E-state index contributed by atoms with van der Waals surface area (Å²) in [6.07, 6.45) is 3.91. The molecular formula is C10H15NO3. The highest BCUT2D eigenvalue weighted by molar-refractivity contribution is 5.80. The number of hydrogen-bond donors (Lipinski definition) is 1. The number of carboxylic acids is 1. The molecule has 1 saturated carbocycles. The molecule has 2 fully saturated rings. The number of carboxylic acid groups (broad SMARTS) is 1. The predicted molar refractivity (Wildman–Crippen MR) is 49.7 cm³/mol. The third kappa shape index (κ3) is 1.38. The molecule has 1 aliphatic carbocycles. The molecule has 0 spiro atoms. The Kier molecular flexibility index (Phi) is 2.21. The van der Waals surface area contributed by atoms with Gasteiger partial charge in [-0.1, -0.05) is 6.42 Å². The lowest BCUT2D eigenvalue weighted by molar-refractivity contribution is -0.157. The van der Waals surface area contributed by atoms with Gasteiger partial charge in [0, 0.05) is 19.5 Å². The van der Waals surface area contributed by atoms with Gasteiger partial charge in [0.05, 0.1) is 5.41 Å². The Labute approximate surface area is 82.9 Å². The molecule has 0 atom stereocenters. The van der Waals surface area contributed by atoms with Gasteiger partial charge in [-0.3, -0.25) is 9.59 Å². The zero-order valence-electron chi connectivity index (χ0n) is 8.16. The lowest BCUT2D eigenvalue weighted by Crippen LogP contribution is -2.48. The van der Waals surface area contributed by atoms with Crippen LogP contribution in [0.5, 0.6) is 0 Å². The van der Waals surface area contributed by atoms with E-state index in [1.165, 1.54) is 0 Å². The molecule has 14 heavy (non-hydrogen) atoms. The summed E-state index contributed by atoms with van der Waals surface area (Å²) in [5.41, 5.74) is -0.611. The van der Waals surface area contributed by atoms with Crippen LogP contribution in [0, 0.1) is 5.41 Å². The van der Waals surface area contributed by atoms with Crippen molar-refractivity contribution in [2.24, 2.45) is 5.41 Å². The topological polar surface area (TPSA) is 57.6 Å². The molecule has 0 radical (unpaired) electrons. The van der Waals surface area contributed by atoms with Crippen LogP contribution in [0.25, 0.3) is 0 Å². The summed E-state index contributed by atoms with van der Waals surface area (Å²) in [5.74, 6) is -0.610. The fourth-order valence-electron chi connectivity index (χ4n) is 2.28. The molecule has 0 aromatic carbocycles. The Morgan fingerprint density at radius 2 is 2.14 bits per heavy atom. The average Bonchev–Trinajstić information content (AvgIpc) is 2.43. The molecule has 1 heterocycles. The van der Waals surface area contributed by atoms with Crippen molar-refractivity contribution in [3.05, 3.63) is 0 Å². The van der Waals surface area contributed by atoms with E-state index in [1.54, 1.807) is 4.90 Å². The van der Waals surface area contributed by atoms with Crippen molar-refractivity contribution in [2.45, 2.75) is 32.1 Å². The predicted octanol–water partition coefficient (Wildman–Crippen LogP) is 0.864. The van der Waals surface area contributed by atoms with Crippen LogP contribution < -0.4 is 0 Å². The van der Waals surface area contributed by atoms with Crippen molar-refractivity contribution in [3.8, 4) is 0 Å². The Morgan fingerprint density at radius 3 is 2.50 bits per heavy atom. The maximum atomic E-state index is 11.3. The summed E-state index contributed by atoms with van der Waals surface area (Å²) in [6, 6.07) is 0. The van der Waals surface area contributed by atoms with Gasteiger partial charge in [-0.15, -0.1) is 0 Å². The van der Waals surface area contributed by atoms with Crippen LogP contribution in [0.2, 0.25) is 0 Å². The molecule has 4 heteroatoms. The SMILES string of the molecule is O=C1CCCN1CC1(C(=O)O)CCC1. The van der Waals surface area contributed by atoms with Gasteiger partial charge in [-0.2, -0.15) is 0 Å². The van der Waals surface area contributed by atoms with Crippen LogP contribution in [-0.2, 0) is 9.59 Å². The lowest BCUT2D eigenvalue weighted by atomic mass is 9.68. The van der Waals surface area contributed by atoms with Crippen LogP contribution in [0.4, 0.5) is 0 Å². The maximum absolute atomic E-state index is 11.3. The fourth-order valence-corrected chi connectivity index (χ4v) is 2.28. The van der Waals surface area contributed by atoms with Crippen molar-refractivity contribution < 1.29 is 14.7 Å². The van der Waals surface area contributed by atoms with E-state index in [9.17, 15) is 9.59 Å². The van der Waals surface area contributed by atoms with E-state index in [0.717, 1.165) is 32.2 Å². The summed E-state index contributed by atoms with van der Waals surface area (Å²) < 4.78 is 0. The number of nitrogens with zero attached hydrogens (tertiary/aromatic N) is 1. The zero-order valence-corrected chi connectivity index (χ0v) is 8.16. The highest BCUT2D eigenvalue weighted by Gasteiger charge is 2.46. The van der Waals surface area contributed by atoms with Gasteiger partial charge in [0.2, 0.25) is 5.91 Å². The van der Waals surface area contributed by atoms with E-state index < -0.39 is 11.4 Å². The monoisotopic (exact) mass is 197 g/mol. The first-order chi connectivity index (χ1) is 6.64. The molecule has 78 valence electrons. The van der Waals surface area contributed by atoms with Gasteiger partial charge < -0.3 is 10.0 Å². The largest absolute Gasteiger partial charge is 0.481 e. The summed E-state index contributed by atoms with van der Waals surface area (Å²) in [5, 5.41) is 9.09. The van der Waals surface area contributed by atoms with Crippen molar-refractivity contribution in [3.63, 3.8) is 0 Å². The highest BCUT2D eigenvalue weighted by atomic mass is 16.4. The third-order valence-electron chi connectivity index (χ3n) is 3.43. The number of carbonyl (C=O) groups excluding carboxylic acids is 1. The minimum absolute atomic E-state index is 0.123. The van der Waals surface area contributed by atoms with Crippen molar-refractivity contribution in [2.75, 3.05) is 13.1 Å². The molecule has 0 unspecified atom stereocenters. The number of rotatable bonds is 3. The molecule has 0 aromatic heterocycles. The van der Waals surface area contributed by atoms with Crippen molar-refractivity contribution in [1.82, 2.24) is 4.90 Å². The standard InChI is InChI=1S/C10H15NO3/c12-8-3-1-6-11(8)7-10(9(13)14)4-2-5-10/h1-7H2,(H,13,14). The lowest BCUT2D eigenvalue weighted by Gasteiger charge is -2.40. The molecule has 1 N–H and O–H groups in total. The fraction of sp³-hybridized carbons (Fsp3) is 0.800. The van der Waals surface area contributed by atoms with Crippen molar-refractivity contribution >= 4 is 11.9 Å². The summed E-state index contributed by atoms with van der Waals surface area (Å²) >= 11 is 0. The number of amides is 1. The number of carbonyl (C=O) groups is 2. The highest BCUT2D eigenvalue weighted by Crippen LogP contribution is 2.42. The first kappa shape index (κ1) is 9.49. The number of hydrogen-bond acceptors (Lipinski definition) is 2. The van der Waals surface area contributed by atoms with E-state index in [4.69, 9.17) is 5.11 Å². The molecule has 1 saturated heterocycles. The molecule has 1 amide bonds. The second-order valence-electron chi connectivity index (χ2n) is 4.36. The van der Waals surface area contributed by atoms with Gasteiger partial charge in [-0.25, -0.2) is 0 Å².